The van der Waals surface area contributed by atoms with Gasteiger partial charge in [-0.3, -0.25) is 13.9 Å². The smallest absolute Gasteiger partial charge is 0.264 e. The molecule has 0 saturated carbocycles. The van der Waals surface area contributed by atoms with Gasteiger partial charge in [-0.2, -0.15) is 0 Å². The number of hydrogen-bond donors (Lipinski definition) is 1. The number of carbonyl (C=O) groups is 2. The van der Waals surface area contributed by atoms with Crippen LogP contribution in [0.15, 0.2) is 102 Å². The van der Waals surface area contributed by atoms with Crippen molar-refractivity contribution in [2.24, 2.45) is 0 Å². The fourth-order valence-electron chi connectivity index (χ4n) is 4.91. The Morgan fingerprint density at radius 3 is 2.13 bits per heavy atom. The van der Waals surface area contributed by atoms with Gasteiger partial charge in [0, 0.05) is 19.0 Å². The Hall–Kier alpha value is -4.12. The highest BCUT2D eigenvalue weighted by atomic mass is 35.5. The minimum atomic E-state index is -4.37. The highest BCUT2D eigenvalue weighted by Gasteiger charge is 2.35. The monoisotopic (exact) mass is 699 g/mol. The minimum Gasteiger partial charge on any atom is -0.494 e. The third-order valence-electron chi connectivity index (χ3n) is 7.16. The first-order chi connectivity index (χ1) is 22.4. The molecule has 1 atom stereocenters. The molecular formula is C35H36Cl2FN3O5S. The Bertz CT molecular complexity index is 1770. The number of nitrogens with zero attached hydrogens (tertiary/aromatic N) is 2. The van der Waals surface area contributed by atoms with Gasteiger partial charge in [0.2, 0.25) is 11.8 Å². The molecule has 47 heavy (non-hydrogen) atoms. The normalized spacial score (nSPS) is 12.0. The summed E-state index contributed by atoms with van der Waals surface area (Å²) in [6.45, 7) is 5.04. The molecule has 0 aromatic heterocycles. The molecule has 0 saturated heterocycles. The quantitative estimate of drug-likeness (QED) is 0.155. The van der Waals surface area contributed by atoms with Crippen molar-refractivity contribution in [3.05, 3.63) is 124 Å². The van der Waals surface area contributed by atoms with Crippen molar-refractivity contribution in [1.29, 1.82) is 0 Å². The Labute approximate surface area is 285 Å². The lowest BCUT2D eigenvalue weighted by Crippen LogP contribution is -2.54. The van der Waals surface area contributed by atoms with E-state index in [2.05, 4.69) is 5.32 Å². The number of carbonyl (C=O) groups excluding carboxylic acids is 2. The number of amides is 2. The molecule has 0 heterocycles. The van der Waals surface area contributed by atoms with Crippen molar-refractivity contribution in [3.63, 3.8) is 0 Å². The topological polar surface area (TPSA) is 96.0 Å². The number of rotatable bonds is 14. The van der Waals surface area contributed by atoms with Crippen molar-refractivity contribution in [3.8, 4) is 5.75 Å². The second-order valence-corrected chi connectivity index (χ2v) is 13.7. The van der Waals surface area contributed by atoms with Crippen molar-refractivity contribution in [2.45, 2.75) is 50.7 Å². The Morgan fingerprint density at radius 1 is 0.872 bits per heavy atom. The fraction of sp³-hybridized carbons (Fsp3) is 0.257. The molecule has 4 rings (SSSR count). The van der Waals surface area contributed by atoms with Crippen LogP contribution < -0.4 is 14.4 Å². The maximum Gasteiger partial charge on any atom is 0.264 e. The van der Waals surface area contributed by atoms with E-state index < -0.39 is 40.2 Å². The lowest BCUT2D eigenvalue weighted by molar-refractivity contribution is -0.140. The largest absolute Gasteiger partial charge is 0.494 e. The van der Waals surface area contributed by atoms with Gasteiger partial charge in [-0.1, -0.05) is 59.6 Å². The van der Waals surface area contributed by atoms with E-state index in [1.165, 1.54) is 41.3 Å². The molecule has 0 aliphatic rings. The Balaban J connectivity index is 1.80. The van der Waals surface area contributed by atoms with Crippen LogP contribution in [-0.2, 0) is 32.6 Å². The summed E-state index contributed by atoms with van der Waals surface area (Å²) in [6.07, 6.45) is 0.147. The fourth-order valence-corrected chi connectivity index (χ4v) is 6.64. The van der Waals surface area contributed by atoms with Crippen LogP contribution in [0.2, 0.25) is 10.0 Å². The van der Waals surface area contributed by atoms with E-state index in [-0.39, 0.29) is 34.6 Å². The van der Waals surface area contributed by atoms with Gasteiger partial charge in [0.05, 0.1) is 27.2 Å². The molecule has 0 bridgehead atoms. The van der Waals surface area contributed by atoms with Gasteiger partial charge in [-0.25, -0.2) is 12.8 Å². The average molecular weight is 701 g/mol. The molecule has 0 radical (unpaired) electrons. The van der Waals surface area contributed by atoms with Gasteiger partial charge in [0.25, 0.3) is 10.0 Å². The van der Waals surface area contributed by atoms with Crippen LogP contribution in [-0.4, -0.2) is 50.4 Å². The highest BCUT2D eigenvalue weighted by Crippen LogP contribution is 2.28. The van der Waals surface area contributed by atoms with E-state index in [4.69, 9.17) is 27.9 Å². The van der Waals surface area contributed by atoms with Crippen LogP contribution in [0.4, 0.5) is 10.1 Å². The molecule has 1 N–H and O–H groups in total. The summed E-state index contributed by atoms with van der Waals surface area (Å²) in [5, 5.41) is 3.48. The van der Waals surface area contributed by atoms with Gasteiger partial charge in [-0.15, -0.1) is 0 Å². The lowest BCUT2D eigenvalue weighted by atomic mass is 10.0. The van der Waals surface area contributed by atoms with Crippen molar-refractivity contribution in [2.75, 3.05) is 17.5 Å². The summed E-state index contributed by atoms with van der Waals surface area (Å²) in [7, 11) is -4.37. The molecule has 4 aromatic rings. The van der Waals surface area contributed by atoms with E-state index in [1.807, 2.05) is 51.1 Å². The van der Waals surface area contributed by atoms with Crippen LogP contribution in [0.25, 0.3) is 0 Å². The van der Waals surface area contributed by atoms with Crippen LogP contribution in [0.5, 0.6) is 5.75 Å². The number of nitrogens with one attached hydrogen (secondary N) is 1. The standard InChI is InChI=1S/C35H36Cl2FN3O5S/c1-4-46-29-15-17-30(18-16-29)47(44,45)41(28-13-11-27(38)12-14-28)23-34(42)40(22-26-10-19-31(36)32(37)20-26)33(35(43)39-24(2)3)21-25-8-6-5-7-9-25/h5-20,24,33H,4,21-23H2,1-3H3,(H,39,43)/t33-/m0/s1. The van der Waals surface area contributed by atoms with Crippen LogP contribution in [0.1, 0.15) is 31.9 Å². The molecule has 0 aliphatic carbocycles. The summed E-state index contributed by atoms with van der Waals surface area (Å²) in [5.74, 6) is -1.19. The number of ether oxygens (including phenoxy) is 1. The molecular weight excluding hydrogens is 664 g/mol. The zero-order valence-electron chi connectivity index (χ0n) is 26.2. The predicted molar refractivity (Wildman–Crippen MR) is 183 cm³/mol. The second kappa shape index (κ2) is 16.1. The van der Waals surface area contributed by atoms with Crippen molar-refractivity contribution in [1.82, 2.24) is 10.2 Å². The zero-order chi connectivity index (χ0) is 34.1. The van der Waals surface area contributed by atoms with E-state index in [0.717, 1.165) is 22.0 Å². The van der Waals surface area contributed by atoms with E-state index in [9.17, 15) is 22.4 Å². The van der Waals surface area contributed by atoms with Gasteiger partial charge < -0.3 is 15.0 Å². The predicted octanol–water partition coefficient (Wildman–Crippen LogP) is 6.89. The minimum absolute atomic E-state index is 0.0642. The molecule has 8 nitrogen and oxygen atoms in total. The summed E-state index contributed by atoms with van der Waals surface area (Å²) in [6, 6.07) is 23.4. The molecule has 4 aromatic carbocycles. The molecule has 0 fully saturated rings. The molecule has 0 spiro atoms. The maximum atomic E-state index is 14.5. The van der Waals surface area contributed by atoms with Crippen LogP contribution in [0, 0.1) is 5.82 Å². The number of benzene rings is 4. The highest BCUT2D eigenvalue weighted by molar-refractivity contribution is 7.92. The molecule has 2 amide bonds. The molecule has 0 aliphatic heterocycles. The third kappa shape index (κ3) is 9.47. The SMILES string of the molecule is CCOc1ccc(S(=O)(=O)N(CC(=O)N(Cc2ccc(Cl)c(Cl)c2)[C@@H](Cc2ccccc2)C(=O)NC(C)C)c2ccc(F)cc2)cc1. The number of sulfonamides is 1. The van der Waals surface area contributed by atoms with E-state index in [1.54, 1.807) is 18.2 Å². The van der Waals surface area contributed by atoms with E-state index in [0.29, 0.717) is 22.9 Å². The second-order valence-electron chi connectivity index (χ2n) is 11.0. The molecule has 248 valence electrons. The van der Waals surface area contributed by atoms with Gasteiger partial charge in [-0.05, 0) is 92.6 Å². The summed E-state index contributed by atoms with van der Waals surface area (Å²) >= 11 is 12.5. The molecule has 12 heteroatoms. The first-order valence-corrected chi connectivity index (χ1v) is 17.2. The summed E-state index contributed by atoms with van der Waals surface area (Å²) < 4.78 is 48.6. The number of hydrogen-bond acceptors (Lipinski definition) is 5. The first-order valence-electron chi connectivity index (χ1n) is 15.0. The van der Waals surface area contributed by atoms with E-state index >= 15 is 0 Å². The Morgan fingerprint density at radius 2 is 1.53 bits per heavy atom. The summed E-state index contributed by atoms with van der Waals surface area (Å²) in [4.78, 5) is 29.5. The van der Waals surface area contributed by atoms with Gasteiger partial charge >= 0.3 is 0 Å². The number of anilines is 1. The van der Waals surface area contributed by atoms with Gasteiger partial charge in [0.1, 0.15) is 24.2 Å². The number of halogens is 3. The lowest BCUT2D eigenvalue weighted by Gasteiger charge is -2.34. The summed E-state index contributed by atoms with van der Waals surface area (Å²) in [5.41, 5.74) is 1.43. The van der Waals surface area contributed by atoms with Crippen molar-refractivity contribution < 1.29 is 27.1 Å². The first kappa shape index (κ1) is 35.7. The molecule has 0 unspecified atom stereocenters. The Kier molecular flexibility index (Phi) is 12.3. The van der Waals surface area contributed by atoms with Crippen LogP contribution in [0.3, 0.4) is 0 Å². The maximum absolute atomic E-state index is 14.5. The average Bonchev–Trinajstić information content (AvgIpc) is 3.04. The van der Waals surface area contributed by atoms with Crippen molar-refractivity contribution >= 4 is 50.7 Å². The van der Waals surface area contributed by atoms with Crippen LogP contribution >= 0.6 is 23.2 Å². The van der Waals surface area contributed by atoms with Gasteiger partial charge in [0.15, 0.2) is 0 Å². The zero-order valence-corrected chi connectivity index (χ0v) is 28.5. The third-order valence-corrected chi connectivity index (χ3v) is 9.68.